The average Bonchev–Trinajstić information content (AvgIpc) is 3.07. The molecule has 4 aromatic rings. The van der Waals surface area contributed by atoms with Crippen molar-refractivity contribution in [3.63, 3.8) is 0 Å². The first kappa shape index (κ1) is 36.1. The van der Waals surface area contributed by atoms with E-state index in [0.717, 1.165) is 11.6 Å². The second kappa shape index (κ2) is 16.0. The number of nitrogens with one attached hydrogen (secondary N) is 2. The Balaban J connectivity index is 1.25. The van der Waals surface area contributed by atoms with Gasteiger partial charge in [-0.1, -0.05) is 24.3 Å². The minimum Gasteiger partial charge on any atom is -0.497 e. The van der Waals surface area contributed by atoms with E-state index in [1.807, 2.05) is 24.3 Å². The average molecular weight is 699 g/mol. The third-order valence-electron chi connectivity index (χ3n) is 7.83. The number of likely N-dealkylation sites (tertiary alicyclic amines) is 1. The molecule has 0 aliphatic carbocycles. The van der Waals surface area contributed by atoms with E-state index in [-0.39, 0.29) is 43.1 Å². The van der Waals surface area contributed by atoms with Crippen molar-refractivity contribution in [2.75, 3.05) is 45.2 Å². The summed E-state index contributed by atoms with van der Waals surface area (Å²) in [5, 5.41) is 4.86. The maximum atomic E-state index is 15.3. The number of hydrogen-bond donors (Lipinski definition) is 2. The summed E-state index contributed by atoms with van der Waals surface area (Å²) < 4.78 is 86.0. The Morgan fingerprint density at radius 3 is 2.42 bits per heavy atom. The lowest BCUT2D eigenvalue weighted by atomic mass is 10.0. The van der Waals surface area contributed by atoms with Crippen molar-refractivity contribution in [1.29, 1.82) is 0 Å². The molecule has 1 aliphatic rings. The van der Waals surface area contributed by atoms with Gasteiger partial charge in [-0.25, -0.2) is 13.8 Å². The van der Waals surface area contributed by atoms with Crippen molar-refractivity contribution >= 4 is 17.5 Å². The SMILES string of the molecule is CCOc1cc(OCc2ccc(OC)cc2)ncc1-c1ccc(CC(=O)Nc2cc(C(=O)NCCN3CC(F)C3)cc(C(F)(F)F)c2)c(F)c1. The van der Waals surface area contributed by atoms with E-state index in [0.29, 0.717) is 53.8 Å². The van der Waals surface area contributed by atoms with Crippen molar-refractivity contribution in [3.8, 4) is 28.5 Å². The normalized spacial score (nSPS) is 13.3. The standard InChI is InChI=1S/C36H35F5N4O5/c1-3-49-32-17-34(50-21-22-4-8-29(48-2)9-5-22)43-18-30(32)23-6-7-24(31(38)14-23)15-33(46)44-28-13-25(12-26(16-28)36(39,40)41)35(47)42-10-11-45-19-27(37)20-45/h4-9,12-14,16-18,27H,3,10-11,15,19-21H2,1-2H3,(H,42,47)(H,44,46). The predicted molar refractivity (Wildman–Crippen MR) is 176 cm³/mol. The molecular formula is C36H35F5N4O5. The van der Waals surface area contributed by atoms with Crippen molar-refractivity contribution in [2.45, 2.75) is 32.3 Å². The Morgan fingerprint density at radius 1 is 1.00 bits per heavy atom. The first-order chi connectivity index (χ1) is 23.9. The van der Waals surface area contributed by atoms with Gasteiger partial charge in [0.1, 0.15) is 30.1 Å². The maximum absolute atomic E-state index is 15.3. The van der Waals surface area contributed by atoms with Gasteiger partial charge in [0.15, 0.2) is 0 Å². The molecule has 0 atom stereocenters. The van der Waals surface area contributed by atoms with E-state index in [9.17, 15) is 27.2 Å². The molecule has 0 saturated carbocycles. The minimum absolute atomic E-state index is 0.0110. The second-order valence-electron chi connectivity index (χ2n) is 11.5. The molecule has 50 heavy (non-hydrogen) atoms. The predicted octanol–water partition coefficient (Wildman–Crippen LogP) is 6.46. The van der Waals surface area contributed by atoms with Gasteiger partial charge < -0.3 is 24.8 Å². The highest BCUT2D eigenvalue weighted by Gasteiger charge is 2.32. The molecule has 2 heterocycles. The Kier molecular flexibility index (Phi) is 11.5. The molecule has 14 heteroatoms. The van der Waals surface area contributed by atoms with Crippen LogP contribution in [0.1, 0.15) is 34.0 Å². The van der Waals surface area contributed by atoms with Crippen molar-refractivity contribution < 1.29 is 45.8 Å². The van der Waals surface area contributed by atoms with Gasteiger partial charge in [-0.2, -0.15) is 13.2 Å². The van der Waals surface area contributed by atoms with Crippen LogP contribution in [0.2, 0.25) is 0 Å². The Bertz CT molecular complexity index is 1810. The van der Waals surface area contributed by atoms with E-state index >= 15 is 4.39 Å². The number of rotatable bonds is 14. The summed E-state index contributed by atoms with van der Waals surface area (Å²) in [6.45, 7) is 3.26. The smallest absolute Gasteiger partial charge is 0.416 e. The van der Waals surface area contributed by atoms with Crippen molar-refractivity contribution in [2.24, 2.45) is 0 Å². The third kappa shape index (κ3) is 9.47. The summed E-state index contributed by atoms with van der Waals surface area (Å²) in [5.41, 5.74) is 0.0205. The summed E-state index contributed by atoms with van der Waals surface area (Å²) >= 11 is 0. The largest absolute Gasteiger partial charge is 0.497 e. The molecule has 0 bridgehead atoms. The van der Waals surface area contributed by atoms with E-state index in [1.165, 1.54) is 18.3 Å². The van der Waals surface area contributed by atoms with Crippen LogP contribution < -0.4 is 24.8 Å². The lowest BCUT2D eigenvalue weighted by molar-refractivity contribution is -0.137. The van der Waals surface area contributed by atoms with Gasteiger partial charge in [-0.15, -0.1) is 0 Å². The van der Waals surface area contributed by atoms with Crippen LogP contribution in [-0.4, -0.2) is 67.8 Å². The number of pyridine rings is 1. The number of aromatic nitrogens is 1. The minimum atomic E-state index is -4.80. The van der Waals surface area contributed by atoms with Crippen LogP contribution in [0, 0.1) is 5.82 Å². The highest BCUT2D eigenvalue weighted by Crippen LogP contribution is 2.34. The van der Waals surface area contributed by atoms with Crippen LogP contribution in [0.4, 0.5) is 27.6 Å². The molecule has 0 radical (unpaired) electrons. The quantitative estimate of drug-likeness (QED) is 0.146. The van der Waals surface area contributed by atoms with E-state index in [2.05, 4.69) is 15.6 Å². The van der Waals surface area contributed by atoms with Crippen LogP contribution in [0.15, 0.2) is 72.9 Å². The highest BCUT2D eigenvalue weighted by molar-refractivity contribution is 5.98. The molecule has 1 aliphatic heterocycles. The molecule has 0 unspecified atom stereocenters. The first-order valence-corrected chi connectivity index (χ1v) is 15.8. The molecule has 3 aromatic carbocycles. The summed E-state index contributed by atoms with van der Waals surface area (Å²) in [6, 6.07) is 15.6. The number of carbonyl (C=O) groups excluding carboxylic acids is 2. The fraction of sp³-hybridized carbons (Fsp3) is 0.306. The molecule has 5 rings (SSSR count). The van der Waals surface area contributed by atoms with Crippen LogP contribution >= 0.6 is 0 Å². The van der Waals surface area contributed by atoms with Crippen molar-refractivity contribution in [3.05, 3.63) is 101 Å². The summed E-state index contributed by atoms with van der Waals surface area (Å²) in [7, 11) is 1.58. The molecule has 264 valence electrons. The third-order valence-corrected chi connectivity index (χ3v) is 7.83. The number of nitrogens with zero attached hydrogens (tertiary/aromatic N) is 2. The Morgan fingerprint density at radius 2 is 1.76 bits per heavy atom. The van der Waals surface area contributed by atoms with Gasteiger partial charge in [-0.3, -0.25) is 14.5 Å². The highest BCUT2D eigenvalue weighted by atomic mass is 19.4. The zero-order chi connectivity index (χ0) is 35.8. The number of halogens is 5. The first-order valence-electron chi connectivity index (χ1n) is 15.8. The molecule has 1 saturated heterocycles. The number of anilines is 1. The van der Waals surface area contributed by atoms with Crippen molar-refractivity contribution in [1.82, 2.24) is 15.2 Å². The van der Waals surface area contributed by atoms with Crippen LogP contribution in [0.5, 0.6) is 17.4 Å². The van der Waals surface area contributed by atoms with Crippen LogP contribution in [-0.2, 0) is 24.0 Å². The van der Waals surface area contributed by atoms with E-state index in [1.54, 1.807) is 31.1 Å². The Labute approximate surface area is 285 Å². The fourth-order valence-electron chi connectivity index (χ4n) is 5.22. The zero-order valence-electron chi connectivity index (χ0n) is 27.3. The van der Waals surface area contributed by atoms with Gasteiger partial charge >= 0.3 is 6.18 Å². The monoisotopic (exact) mass is 698 g/mol. The topological polar surface area (TPSA) is 102 Å². The molecule has 2 amide bonds. The van der Waals surface area contributed by atoms with Crippen LogP contribution in [0.3, 0.4) is 0 Å². The summed E-state index contributed by atoms with van der Waals surface area (Å²) in [4.78, 5) is 31.6. The van der Waals surface area contributed by atoms with Crippen LogP contribution in [0.25, 0.3) is 11.1 Å². The Hall–Kier alpha value is -5.24. The number of ether oxygens (including phenoxy) is 3. The number of hydrogen-bond acceptors (Lipinski definition) is 7. The number of carbonyl (C=O) groups is 2. The van der Waals surface area contributed by atoms with E-state index in [4.69, 9.17) is 14.2 Å². The van der Waals surface area contributed by atoms with Gasteiger partial charge in [0.05, 0.1) is 25.7 Å². The molecule has 1 fully saturated rings. The fourth-order valence-corrected chi connectivity index (χ4v) is 5.22. The molecule has 2 N–H and O–H groups in total. The lowest BCUT2D eigenvalue weighted by Crippen LogP contribution is -2.50. The number of alkyl halides is 4. The van der Waals surface area contributed by atoms with Gasteiger partial charge in [0.25, 0.3) is 5.91 Å². The molecule has 1 aromatic heterocycles. The maximum Gasteiger partial charge on any atom is 0.416 e. The number of benzene rings is 3. The number of methoxy groups -OCH3 is 1. The zero-order valence-corrected chi connectivity index (χ0v) is 27.3. The molecule has 9 nitrogen and oxygen atoms in total. The van der Waals surface area contributed by atoms with E-state index < -0.39 is 42.0 Å². The molecule has 0 spiro atoms. The number of amides is 2. The van der Waals surface area contributed by atoms with Gasteiger partial charge in [-0.05, 0) is 60.0 Å². The summed E-state index contributed by atoms with van der Waals surface area (Å²) in [5.74, 6) is -0.908. The van der Waals surface area contributed by atoms with Gasteiger partial charge in [0, 0.05) is 55.3 Å². The lowest BCUT2D eigenvalue weighted by Gasteiger charge is -2.34. The summed E-state index contributed by atoms with van der Waals surface area (Å²) in [6.07, 6.45) is -4.74. The molecular weight excluding hydrogens is 663 g/mol. The van der Waals surface area contributed by atoms with Gasteiger partial charge in [0.2, 0.25) is 11.8 Å². The second-order valence-corrected chi connectivity index (χ2v) is 11.5.